The number of fused-ring (bicyclic) bond motifs is 1. The van der Waals surface area contributed by atoms with E-state index in [-0.39, 0.29) is 11.9 Å². The molecule has 1 aliphatic rings. The van der Waals surface area contributed by atoms with Gasteiger partial charge in [0.05, 0.1) is 22.8 Å². The van der Waals surface area contributed by atoms with Crippen molar-refractivity contribution in [3.8, 4) is 0 Å². The average Bonchev–Trinajstić information content (AvgIpc) is 3.24. The molecule has 5 heteroatoms. The summed E-state index contributed by atoms with van der Waals surface area (Å²) in [7, 11) is 0. The first-order valence-corrected chi connectivity index (χ1v) is 9.89. The van der Waals surface area contributed by atoms with Crippen molar-refractivity contribution in [2.75, 3.05) is 18.4 Å². The van der Waals surface area contributed by atoms with Crippen LogP contribution in [0.5, 0.6) is 0 Å². The molecule has 0 unspecified atom stereocenters. The summed E-state index contributed by atoms with van der Waals surface area (Å²) in [5.41, 5.74) is 4.19. The number of nitrogens with one attached hydrogen (secondary N) is 1. The minimum absolute atomic E-state index is 0.0513. The molecule has 0 radical (unpaired) electrons. The van der Waals surface area contributed by atoms with Crippen molar-refractivity contribution >= 4 is 33.1 Å². The Balaban J connectivity index is 1.49. The van der Waals surface area contributed by atoms with Crippen LogP contribution in [0.2, 0.25) is 0 Å². The van der Waals surface area contributed by atoms with E-state index >= 15 is 0 Å². The number of benzene rings is 2. The Bertz CT molecular complexity index is 896. The molecule has 4 nitrogen and oxygen atoms in total. The maximum Gasteiger partial charge on any atom is 0.238 e. The Labute approximate surface area is 157 Å². The lowest BCUT2D eigenvalue weighted by atomic mass is 10.1. The van der Waals surface area contributed by atoms with Crippen LogP contribution in [0.25, 0.3) is 10.2 Å². The number of aromatic nitrogens is 1. The second-order valence-electron chi connectivity index (χ2n) is 6.96. The molecule has 0 aliphatic carbocycles. The maximum atomic E-state index is 12.7. The number of aryl methyl sites for hydroxylation is 2. The zero-order chi connectivity index (χ0) is 18.1. The minimum atomic E-state index is 0.0513. The predicted molar refractivity (Wildman–Crippen MR) is 108 cm³/mol. The highest BCUT2D eigenvalue weighted by Gasteiger charge is 2.30. The van der Waals surface area contributed by atoms with Crippen molar-refractivity contribution in [1.29, 1.82) is 0 Å². The van der Waals surface area contributed by atoms with Crippen LogP contribution in [0.4, 0.5) is 5.69 Å². The number of carbonyl (C=O) groups is 1. The first-order valence-electron chi connectivity index (χ1n) is 9.07. The van der Waals surface area contributed by atoms with Crippen LogP contribution < -0.4 is 5.32 Å². The summed E-state index contributed by atoms with van der Waals surface area (Å²) in [6.45, 7) is 5.42. The van der Waals surface area contributed by atoms with E-state index in [4.69, 9.17) is 4.98 Å². The highest BCUT2D eigenvalue weighted by atomic mass is 32.1. The van der Waals surface area contributed by atoms with Crippen LogP contribution >= 0.6 is 11.3 Å². The van der Waals surface area contributed by atoms with Gasteiger partial charge in [0.25, 0.3) is 0 Å². The lowest BCUT2D eigenvalue weighted by molar-refractivity contribution is -0.117. The van der Waals surface area contributed by atoms with Crippen molar-refractivity contribution in [2.24, 2.45) is 0 Å². The maximum absolute atomic E-state index is 12.7. The molecule has 1 atom stereocenters. The zero-order valence-corrected chi connectivity index (χ0v) is 16.0. The predicted octanol–water partition coefficient (Wildman–Crippen LogP) is 4.69. The van der Waals surface area contributed by atoms with Crippen molar-refractivity contribution in [3.63, 3.8) is 0 Å². The van der Waals surface area contributed by atoms with Crippen molar-refractivity contribution in [3.05, 3.63) is 58.6 Å². The van der Waals surface area contributed by atoms with Gasteiger partial charge in [-0.05, 0) is 56.5 Å². The van der Waals surface area contributed by atoms with Crippen LogP contribution in [0.3, 0.4) is 0 Å². The van der Waals surface area contributed by atoms with E-state index in [1.54, 1.807) is 11.3 Å². The third kappa shape index (κ3) is 3.37. The molecule has 4 rings (SSSR count). The molecule has 134 valence electrons. The van der Waals surface area contributed by atoms with Gasteiger partial charge in [0.2, 0.25) is 5.91 Å². The second-order valence-corrected chi connectivity index (χ2v) is 8.03. The molecule has 1 aromatic heterocycles. The van der Waals surface area contributed by atoms with Crippen molar-refractivity contribution in [1.82, 2.24) is 9.88 Å². The third-order valence-corrected chi connectivity index (χ3v) is 6.19. The highest BCUT2D eigenvalue weighted by Crippen LogP contribution is 2.36. The van der Waals surface area contributed by atoms with Gasteiger partial charge in [0.1, 0.15) is 5.01 Å². The fourth-order valence-corrected chi connectivity index (χ4v) is 4.84. The van der Waals surface area contributed by atoms with E-state index in [1.165, 1.54) is 4.70 Å². The smallest absolute Gasteiger partial charge is 0.238 e. The molecule has 2 aromatic carbocycles. The van der Waals surface area contributed by atoms with E-state index in [2.05, 4.69) is 28.4 Å². The number of likely N-dealkylation sites (tertiary alicyclic amines) is 1. The summed E-state index contributed by atoms with van der Waals surface area (Å²) in [6, 6.07) is 14.6. The molecule has 1 N–H and O–H groups in total. The molecule has 0 spiro atoms. The second kappa shape index (κ2) is 7.17. The number of nitrogens with zero attached hydrogens (tertiary/aromatic N) is 2. The number of carbonyl (C=O) groups excluding carboxylic acids is 1. The molecule has 2 heterocycles. The molecular formula is C21H23N3OS. The SMILES string of the molecule is Cc1cccc(C)c1NC(=O)CN1CCC[C@@H]1c1nc2ccccc2s1. The van der Waals surface area contributed by atoms with E-state index in [9.17, 15) is 4.79 Å². The Morgan fingerprint density at radius 2 is 1.96 bits per heavy atom. The van der Waals surface area contributed by atoms with Gasteiger partial charge in [-0.1, -0.05) is 30.3 Å². The highest BCUT2D eigenvalue weighted by molar-refractivity contribution is 7.18. The molecule has 26 heavy (non-hydrogen) atoms. The van der Waals surface area contributed by atoms with Crippen LogP contribution in [-0.2, 0) is 4.79 Å². The Hall–Kier alpha value is -2.24. The minimum Gasteiger partial charge on any atom is -0.324 e. The van der Waals surface area contributed by atoms with Gasteiger partial charge in [-0.3, -0.25) is 9.69 Å². The molecule has 1 aliphatic heterocycles. The van der Waals surface area contributed by atoms with Gasteiger partial charge >= 0.3 is 0 Å². The summed E-state index contributed by atoms with van der Waals surface area (Å²) in [5.74, 6) is 0.0513. The van der Waals surface area contributed by atoms with E-state index in [1.807, 2.05) is 38.1 Å². The fourth-order valence-electron chi connectivity index (χ4n) is 3.70. The molecule has 3 aromatic rings. The monoisotopic (exact) mass is 365 g/mol. The topological polar surface area (TPSA) is 45.2 Å². The van der Waals surface area contributed by atoms with Crippen LogP contribution in [-0.4, -0.2) is 28.9 Å². The quantitative estimate of drug-likeness (QED) is 0.729. The standard InChI is InChI=1S/C21H23N3OS/c1-14-7-5-8-15(2)20(14)23-19(25)13-24-12-6-10-17(24)21-22-16-9-3-4-11-18(16)26-21/h3-5,7-9,11,17H,6,10,12-13H2,1-2H3,(H,23,25)/t17-/m1/s1. The number of amides is 1. The van der Waals surface area contributed by atoms with Crippen LogP contribution in [0.1, 0.15) is 35.0 Å². The van der Waals surface area contributed by atoms with Crippen molar-refractivity contribution in [2.45, 2.75) is 32.7 Å². The van der Waals surface area contributed by atoms with Gasteiger partial charge < -0.3 is 5.32 Å². The van der Waals surface area contributed by atoms with E-state index in [0.717, 1.165) is 46.7 Å². The average molecular weight is 366 g/mol. The molecule has 0 saturated carbocycles. The molecule has 1 saturated heterocycles. The lowest BCUT2D eigenvalue weighted by Gasteiger charge is -2.22. The molecule has 1 fully saturated rings. The summed E-state index contributed by atoms with van der Waals surface area (Å²) in [5, 5.41) is 4.23. The number of hydrogen-bond donors (Lipinski definition) is 1. The molecule has 1 amide bonds. The lowest BCUT2D eigenvalue weighted by Crippen LogP contribution is -2.33. The first kappa shape index (κ1) is 17.2. The van der Waals surface area contributed by atoms with Gasteiger partial charge in [0, 0.05) is 5.69 Å². The van der Waals surface area contributed by atoms with Crippen molar-refractivity contribution < 1.29 is 4.79 Å². The zero-order valence-electron chi connectivity index (χ0n) is 15.2. The first-order chi connectivity index (χ1) is 12.6. The summed E-state index contributed by atoms with van der Waals surface area (Å²) >= 11 is 1.75. The number of anilines is 1. The number of para-hydroxylation sites is 2. The summed E-state index contributed by atoms with van der Waals surface area (Å²) in [4.78, 5) is 19.7. The van der Waals surface area contributed by atoms with Gasteiger partial charge in [0.15, 0.2) is 0 Å². The normalized spacial score (nSPS) is 17.7. The number of thiazole rings is 1. The largest absolute Gasteiger partial charge is 0.324 e. The van der Waals surface area contributed by atoms with Gasteiger partial charge in [-0.2, -0.15) is 0 Å². The third-order valence-electron chi connectivity index (χ3n) is 5.05. The van der Waals surface area contributed by atoms with Crippen LogP contribution in [0, 0.1) is 13.8 Å². The Morgan fingerprint density at radius 3 is 2.73 bits per heavy atom. The van der Waals surface area contributed by atoms with E-state index in [0.29, 0.717) is 6.54 Å². The Kier molecular flexibility index (Phi) is 4.74. The fraction of sp³-hybridized carbons (Fsp3) is 0.333. The van der Waals surface area contributed by atoms with Gasteiger partial charge in [-0.25, -0.2) is 4.98 Å². The summed E-state index contributed by atoms with van der Waals surface area (Å²) in [6.07, 6.45) is 2.17. The number of hydrogen-bond acceptors (Lipinski definition) is 4. The number of rotatable bonds is 4. The molecular weight excluding hydrogens is 342 g/mol. The van der Waals surface area contributed by atoms with E-state index < -0.39 is 0 Å². The summed E-state index contributed by atoms with van der Waals surface area (Å²) < 4.78 is 1.22. The van der Waals surface area contributed by atoms with Gasteiger partial charge in [-0.15, -0.1) is 11.3 Å². The van der Waals surface area contributed by atoms with Crippen LogP contribution in [0.15, 0.2) is 42.5 Å². The Morgan fingerprint density at radius 1 is 1.19 bits per heavy atom. The molecule has 0 bridgehead atoms.